The van der Waals surface area contributed by atoms with Crippen LogP contribution < -0.4 is 15.4 Å². The fourth-order valence-corrected chi connectivity index (χ4v) is 3.59. The van der Waals surface area contributed by atoms with Gasteiger partial charge in [-0.25, -0.2) is 9.67 Å². The fourth-order valence-electron chi connectivity index (χ4n) is 3.46. The highest BCUT2D eigenvalue weighted by molar-refractivity contribution is 6.30. The molecule has 5 aromatic rings. The van der Waals surface area contributed by atoms with Crippen LogP contribution in [0.3, 0.4) is 0 Å². The maximum atomic E-state index is 12.9. The van der Waals surface area contributed by atoms with Gasteiger partial charge in [-0.2, -0.15) is 0 Å². The van der Waals surface area contributed by atoms with Gasteiger partial charge < -0.3 is 15.4 Å². The average molecular weight is 497 g/mol. The number of nitrogens with one attached hydrogen (secondary N) is 2. The molecule has 0 spiro atoms. The van der Waals surface area contributed by atoms with E-state index in [2.05, 4.69) is 25.9 Å². The van der Waals surface area contributed by atoms with Crippen molar-refractivity contribution in [3.05, 3.63) is 120 Å². The van der Waals surface area contributed by atoms with Gasteiger partial charge in [-0.1, -0.05) is 47.1 Å². The molecule has 178 valence electrons. The average Bonchev–Trinajstić information content (AvgIpc) is 3.36. The topological polar surface area (TPSA) is 94.0 Å². The Morgan fingerprint density at radius 3 is 2.56 bits per heavy atom. The van der Waals surface area contributed by atoms with Crippen LogP contribution in [0.15, 0.2) is 103 Å². The summed E-state index contributed by atoms with van der Waals surface area (Å²) in [7, 11) is 0. The third-order valence-electron chi connectivity index (χ3n) is 5.16. The van der Waals surface area contributed by atoms with E-state index < -0.39 is 5.91 Å². The van der Waals surface area contributed by atoms with Crippen molar-refractivity contribution in [2.24, 2.45) is 0 Å². The number of para-hydroxylation sites is 1. The smallest absolute Gasteiger partial charge is 0.277 e. The van der Waals surface area contributed by atoms with E-state index in [1.54, 1.807) is 41.3 Å². The van der Waals surface area contributed by atoms with E-state index in [1.807, 2.05) is 66.7 Å². The lowest BCUT2D eigenvalue weighted by molar-refractivity contribution is 0.102. The predicted molar refractivity (Wildman–Crippen MR) is 139 cm³/mol. The van der Waals surface area contributed by atoms with Crippen molar-refractivity contribution in [1.29, 1.82) is 0 Å². The van der Waals surface area contributed by atoms with Crippen molar-refractivity contribution in [2.75, 3.05) is 10.6 Å². The summed E-state index contributed by atoms with van der Waals surface area (Å²) in [5, 5.41) is 14.8. The van der Waals surface area contributed by atoms with Gasteiger partial charge in [0.15, 0.2) is 11.5 Å². The number of ether oxygens (including phenoxy) is 1. The van der Waals surface area contributed by atoms with E-state index >= 15 is 0 Å². The summed E-state index contributed by atoms with van der Waals surface area (Å²) in [6.45, 7) is 0.433. The lowest BCUT2D eigenvalue weighted by Crippen LogP contribution is -2.14. The van der Waals surface area contributed by atoms with Crippen LogP contribution in [0.4, 0.5) is 17.2 Å². The Morgan fingerprint density at radius 2 is 1.72 bits per heavy atom. The molecule has 0 aliphatic heterocycles. The molecule has 36 heavy (non-hydrogen) atoms. The first-order valence-corrected chi connectivity index (χ1v) is 11.5. The number of aromatic nitrogens is 4. The molecule has 8 nitrogen and oxygen atoms in total. The molecule has 9 heteroatoms. The van der Waals surface area contributed by atoms with Gasteiger partial charge in [0.05, 0.1) is 18.4 Å². The van der Waals surface area contributed by atoms with Crippen LogP contribution in [0.25, 0.3) is 0 Å². The Hall–Kier alpha value is -4.69. The molecule has 0 radical (unpaired) electrons. The summed E-state index contributed by atoms with van der Waals surface area (Å²) in [4.78, 5) is 17.2. The highest BCUT2D eigenvalue weighted by atomic mass is 35.5. The first-order chi connectivity index (χ1) is 17.6. The number of nitrogens with zero attached hydrogens (tertiary/aromatic N) is 4. The van der Waals surface area contributed by atoms with Gasteiger partial charge in [0, 0.05) is 16.9 Å². The quantitative estimate of drug-likeness (QED) is 0.267. The van der Waals surface area contributed by atoms with Gasteiger partial charge in [-0.15, -0.1) is 5.10 Å². The molecule has 3 aromatic carbocycles. The van der Waals surface area contributed by atoms with Crippen molar-refractivity contribution in [3.8, 4) is 11.5 Å². The number of hydrogen-bond donors (Lipinski definition) is 2. The summed E-state index contributed by atoms with van der Waals surface area (Å²) in [5.41, 5.74) is 2.45. The second-order valence-electron chi connectivity index (χ2n) is 7.85. The third-order valence-corrected chi connectivity index (χ3v) is 5.41. The Bertz CT molecular complexity index is 1470. The van der Waals surface area contributed by atoms with E-state index in [0.29, 0.717) is 28.8 Å². The van der Waals surface area contributed by atoms with E-state index in [1.165, 1.54) is 0 Å². The Kier molecular flexibility index (Phi) is 6.86. The lowest BCUT2D eigenvalue weighted by Gasteiger charge is -2.11. The summed E-state index contributed by atoms with van der Waals surface area (Å²) in [6, 6.07) is 28.0. The number of amides is 1. The summed E-state index contributed by atoms with van der Waals surface area (Å²) in [6.07, 6.45) is 3.24. The molecule has 2 heterocycles. The zero-order valence-corrected chi connectivity index (χ0v) is 19.8. The Labute approximate surface area is 212 Å². The van der Waals surface area contributed by atoms with Crippen molar-refractivity contribution < 1.29 is 9.53 Å². The van der Waals surface area contributed by atoms with Gasteiger partial charge in [0.25, 0.3) is 5.91 Å². The van der Waals surface area contributed by atoms with Crippen molar-refractivity contribution in [2.45, 2.75) is 6.54 Å². The molecule has 1 amide bonds. The summed E-state index contributed by atoms with van der Waals surface area (Å²) >= 11 is 5.95. The van der Waals surface area contributed by atoms with Crippen molar-refractivity contribution in [1.82, 2.24) is 20.0 Å². The number of rotatable bonds is 8. The number of benzene rings is 3. The molecule has 2 aromatic heterocycles. The van der Waals surface area contributed by atoms with E-state index in [9.17, 15) is 4.79 Å². The van der Waals surface area contributed by atoms with E-state index in [4.69, 9.17) is 16.3 Å². The molecule has 2 N–H and O–H groups in total. The number of halogens is 1. The molecule has 0 fully saturated rings. The lowest BCUT2D eigenvalue weighted by atomic mass is 10.2. The van der Waals surface area contributed by atoms with Gasteiger partial charge in [0.2, 0.25) is 0 Å². The van der Waals surface area contributed by atoms with E-state index in [0.717, 1.165) is 17.0 Å². The SMILES string of the molecule is O=C(Nc1cccnc1Nc1ccc(Cl)cc1)c1cn(Cc2cccc(Oc3ccccc3)c2)nn1. The van der Waals surface area contributed by atoms with Gasteiger partial charge in [-0.05, 0) is 66.2 Å². The zero-order chi connectivity index (χ0) is 24.7. The van der Waals surface area contributed by atoms with Crippen LogP contribution in [0.5, 0.6) is 11.5 Å². The number of carbonyl (C=O) groups is 1. The summed E-state index contributed by atoms with van der Waals surface area (Å²) in [5.74, 6) is 1.58. The molecule has 5 rings (SSSR count). The maximum absolute atomic E-state index is 12.9. The highest BCUT2D eigenvalue weighted by Gasteiger charge is 2.14. The van der Waals surface area contributed by atoms with Crippen LogP contribution in [0.2, 0.25) is 5.02 Å². The highest BCUT2D eigenvalue weighted by Crippen LogP contribution is 2.25. The summed E-state index contributed by atoms with van der Waals surface area (Å²) < 4.78 is 7.50. The first-order valence-electron chi connectivity index (χ1n) is 11.1. The molecular formula is C27H21ClN6O2. The first kappa shape index (κ1) is 23.1. The van der Waals surface area contributed by atoms with Crippen molar-refractivity contribution in [3.63, 3.8) is 0 Å². The second kappa shape index (κ2) is 10.7. The monoisotopic (exact) mass is 496 g/mol. The van der Waals surface area contributed by atoms with Gasteiger partial charge in [-0.3, -0.25) is 4.79 Å². The second-order valence-corrected chi connectivity index (χ2v) is 8.29. The van der Waals surface area contributed by atoms with Crippen LogP contribution >= 0.6 is 11.6 Å². The Balaban J connectivity index is 1.25. The molecule has 0 saturated heterocycles. The number of hydrogen-bond acceptors (Lipinski definition) is 6. The standard InChI is InChI=1S/C27H21ClN6O2/c28-20-11-13-21(14-12-20)30-26-24(10-5-15-29-26)31-27(35)25-18-34(33-32-25)17-19-6-4-9-23(16-19)36-22-7-2-1-3-8-22/h1-16,18H,17H2,(H,29,30)(H,31,35). The molecule has 0 bridgehead atoms. The molecule has 0 saturated carbocycles. The number of carbonyl (C=O) groups excluding carboxylic acids is 1. The number of anilines is 3. The normalized spacial score (nSPS) is 10.6. The van der Waals surface area contributed by atoms with Crippen LogP contribution in [-0.4, -0.2) is 25.9 Å². The maximum Gasteiger partial charge on any atom is 0.277 e. The minimum absolute atomic E-state index is 0.188. The molecule has 0 unspecified atom stereocenters. The van der Waals surface area contributed by atoms with Gasteiger partial charge in [0.1, 0.15) is 11.5 Å². The zero-order valence-electron chi connectivity index (χ0n) is 19.0. The van der Waals surface area contributed by atoms with E-state index in [-0.39, 0.29) is 5.69 Å². The van der Waals surface area contributed by atoms with Gasteiger partial charge >= 0.3 is 0 Å². The van der Waals surface area contributed by atoms with Crippen LogP contribution in [-0.2, 0) is 6.54 Å². The van der Waals surface area contributed by atoms with Crippen LogP contribution in [0, 0.1) is 0 Å². The Morgan fingerprint density at radius 1 is 0.917 bits per heavy atom. The minimum atomic E-state index is -0.394. The predicted octanol–water partition coefficient (Wildman–Crippen LogP) is 6.16. The number of pyridine rings is 1. The van der Waals surface area contributed by atoms with Crippen LogP contribution in [0.1, 0.15) is 16.1 Å². The molecular weight excluding hydrogens is 476 g/mol. The molecule has 0 atom stereocenters. The minimum Gasteiger partial charge on any atom is -0.457 e. The molecule has 0 aliphatic rings. The fraction of sp³-hybridized carbons (Fsp3) is 0.0370. The molecule has 0 aliphatic carbocycles. The third kappa shape index (κ3) is 5.86. The van der Waals surface area contributed by atoms with Crippen molar-refractivity contribution >= 4 is 34.7 Å². The largest absolute Gasteiger partial charge is 0.457 e.